The molecule has 4 nitrogen and oxygen atoms in total. The Morgan fingerprint density at radius 2 is 1.65 bits per heavy atom. The van der Waals surface area contributed by atoms with E-state index in [9.17, 15) is 4.79 Å². The van der Waals surface area contributed by atoms with Gasteiger partial charge in [-0.15, -0.1) is 0 Å². The number of rotatable bonds is 6. The van der Waals surface area contributed by atoms with Crippen LogP contribution in [0, 0.1) is 13.8 Å². The Morgan fingerprint density at radius 1 is 0.968 bits per heavy atom. The lowest BCUT2D eigenvalue weighted by Gasteiger charge is -2.15. The minimum atomic E-state index is -0.0614. The summed E-state index contributed by atoms with van der Waals surface area (Å²) in [5.41, 5.74) is 3.43. The summed E-state index contributed by atoms with van der Waals surface area (Å²) in [5, 5.41) is 2.00. The van der Waals surface area contributed by atoms with E-state index < -0.39 is 0 Å². The van der Waals surface area contributed by atoms with E-state index in [4.69, 9.17) is 32.9 Å². The first-order chi connectivity index (χ1) is 14.9. The molecular weight excluding hydrogens is 431 g/mol. The summed E-state index contributed by atoms with van der Waals surface area (Å²) < 4.78 is 7.64. The Morgan fingerprint density at radius 3 is 2.35 bits per heavy atom. The van der Waals surface area contributed by atoms with E-state index in [1.165, 1.54) is 0 Å². The van der Waals surface area contributed by atoms with E-state index >= 15 is 0 Å². The fourth-order valence-electron chi connectivity index (χ4n) is 3.60. The minimum Gasteiger partial charge on any atom is -0.494 e. The summed E-state index contributed by atoms with van der Waals surface area (Å²) in [6.07, 6.45) is 0.654. The number of aromatic nitrogens is 2. The van der Waals surface area contributed by atoms with Crippen molar-refractivity contribution in [2.24, 2.45) is 0 Å². The number of para-hydroxylation sites is 1. The molecule has 0 unspecified atom stereocenters. The van der Waals surface area contributed by atoms with Gasteiger partial charge in [0.2, 0.25) is 0 Å². The fourth-order valence-corrected chi connectivity index (χ4v) is 3.83. The number of fused-ring (bicyclic) bond motifs is 1. The zero-order valence-electron chi connectivity index (χ0n) is 17.4. The second-order valence-electron chi connectivity index (χ2n) is 7.49. The van der Waals surface area contributed by atoms with Crippen molar-refractivity contribution < 1.29 is 4.74 Å². The van der Waals surface area contributed by atoms with Crippen LogP contribution in [-0.4, -0.2) is 16.2 Å². The molecule has 0 aliphatic heterocycles. The van der Waals surface area contributed by atoms with Gasteiger partial charge in [-0.05, 0) is 79.9 Å². The van der Waals surface area contributed by atoms with Crippen molar-refractivity contribution in [2.45, 2.75) is 26.8 Å². The van der Waals surface area contributed by atoms with Crippen LogP contribution >= 0.6 is 23.2 Å². The predicted molar refractivity (Wildman–Crippen MR) is 127 cm³/mol. The van der Waals surface area contributed by atoms with Crippen molar-refractivity contribution in [2.75, 3.05) is 6.61 Å². The maximum Gasteiger partial charge on any atom is 0.261 e. The molecule has 0 radical (unpaired) electrons. The lowest BCUT2D eigenvalue weighted by atomic mass is 10.1. The summed E-state index contributed by atoms with van der Waals surface area (Å²) >= 11 is 12.3. The molecule has 6 heteroatoms. The van der Waals surface area contributed by atoms with Gasteiger partial charge in [-0.1, -0.05) is 35.3 Å². The molecule has 0 aliphatic carbocycles. The van der Waals surface area contributed by atoms with Crippen LogP contribution < -0.4 is 10.3 Å². The van der Waals surface area contributed by atoms with Gasteiger partial charge in [0, 0.05) is 22.2 Å². The molecule has 0 saturated carbocycles. The van der Waals surface area contributed by atoms with E-state index in [1.54, 1.807) is 16.7 Å². The van der Waals surface area contributed by atoms with Gasteiger partial charge >= 0.3 is 0 Å². The van der Waals surface area contributed by atoms with E-state index in [0.717, 1.165) is 27.5 Å². The van der Waals surface area contributed by atoms with Crippen LogP contribution in [0.3, 0.4) is 0 Å². The van der Waals surface area contributed by atoms with Crippen LogP contribution in [-0.2, 0) is 6.54 Å². The van der Waals surface area contributed by atoms with Crippen LogP contribution in [0.25, 0.3) is 22.3 Å². The molecule has 0 fully saturated rings. The minimum absolute atomic E-state index is 0.0614. The van der Waals surface area contributed by atoms with Gasteiger partial charge in [-0.2, -0.15) is 0 Å². The average Bonchev–Trinajstić information content (AvgIpc) is 2.76. The number of ether oxygens (including phenoxy) is 1. The Hall–Kier alpha value is -2.82. The summed E-state index contributed by atoms with van der Waals surface area (Å²) in [7, 11) is 0. The lowest BCUT2D eigenvalue weighted by molar-refractivity contribution is 0.301. The third-order valence-electron chi connectivity index (χ3n) is 5.17. The molecule has 158 valence electrons. The van der Waals surface area contributed by atoms with Crippen molar-refractivity contribution >= 4 is 34.1 Å². The Balaban J connectivity index is 1.60. The molecule has 0 N–H and O–H groups in total. The van der Waals surface area contributed by atoms with Crippen molar-refractivity contribution in [3.63, 3.8) is 0 Å². The molecule has 1 heterocycles. The van der Waals surface area contributed by atoms with Crippen molar-refractivity contribution in [1.29, 1.82) is 0 Å². The van der Waals surface area contributed by atoms with Gasteiger partial charge < -0.3 is 4.74 Å². The fraction of sp³-hybridized carbons (Fsp3) is 0.200. The van der Waals surface area contributed by atoms with E-state index in [1.807, 2.05) is 62.4 Å². The van der Waals surface area contributed by atoms with Crippen LogP contribution in [0.15, 0.2) is 65.5 Å². The van der Waals surface area contributed by atoms with Crippen LogP contribution in [0.2, 0.25) is 10.0 Å². The highest BCUT2D eigenvalue weighted by atomic mass is 35.5. The summed E-state index contributed by atoms with van der Waals surface area (Å²) in [6, 6.07) is 18.6. The third kappa shape index (κ3) is 4.60. The molecule has 0 spiro atoms. The zero-order chi connectivity index (χ0) is 22.0. The van der Waals surface area contributed by atoms with Gasteiger partial charge in [0.15, 0.2) is 0 Å². The highest BCUT2D eigenvalue weighted by molar-refractivity contribution is 6.32. The number of benzene rings is 3. The first kappa shape index (κ1) is 21.4. The smallest absolute Gasteiger partial charge is 0.261 e. The molecular formula is C25H22Cl2N2O2. The molecule has 0 amide bonds. The van der Waals surface area contributed by atoms with Gasteiger partial charge in [0.25, 0.3) is 5.56 Å². The van der Waals surface area contributed by atoms with E-state index in [0.29, 0.717) is 41.3 Å². The van der Waals surface area contributed by atoms with E-state index in [2.05, 4.69) is 0 Å². The van der Waals surface area contributed by atoms with Gasteiger partial charge in [-0.25, -0.2) is 4.98 Å². The third-order valence-corrected chi connectivity index (χ3v) is 6.02. The molecule has 3 aromatic carbocycles. The van der Waals surface area contributed by atoms with Crippen LogP contribution in [0.4, 0.5) is 0 Å². The summed E-state index contributed by atoms with van der Waals surface area (Å²) in [5.74, 6) is 1.40. The Labute approximate surface area is 191 Å². The molecule has 0 bridgehead atoms. The molecule has 0 aliphatic rings. The molecule has 0 atom stereocenters. The second kappa shape index (κ2) is 9.13. The van der Waals surface area contributed by atoms with Gasteiger partial charge in [0.1, 0.15) is 11.6 Å². The van der Waals surface area contributed by atoms with Gasteiger partial charge in [0.05, 0.1) is 17.5 Å². The quantitative estimate of drug-likeness (QED) is 0.315. The van der Waals surface area contributed by atoms with Crippen LogP contribution in [0.5, 0.6) is 5.75 Å². The van der Waals surface area contributed by atoms with Crippen LogP contribution in [0.1, 0.15) is 17.5 Å². The normalized spacial score (nSPS) is 11.1. The molecule has 4 aromatic rings. The van der Waals surface area contributed by atoms with Crippen molar-refractivity contribution in [3.05, 3.63) is 92.2 Å². The van der Waals surface area contributed by atoms with E-state index in [-0.39, 0.29) is 5.56 Å². The van der Waals surface area contributed by atoms with Crippen molar-refractivity contribution in [3.8, 4) is 17.1 Å². The Bertz CT molecular complexity index is 1270. The lowest BCUT2D eigenvalue weighted by Crippen LogP contribution is -2.24. The highest BCUT2D eigenvalue weighted by Crippen LogP contribution is 2.26. The number of nitrogens with zero attached hydrogens (tertiary/aromatic N) is 2. The number of aryl methyl sites for hydroxylation is 2. The second-order valence-corrected chi connectivity index (χ2v) is 8.30. The molecule has 1 aromatic heterocycles. The topological polar surface area (TPSA) is 44.1 Å². The first-order valence-electron chi connectivity index (χ1n) is 10.1. The maximum atomic E-state index is 13.2. The number of halogens is 2. The number of hydrogen-bond donors (Lipinski definition) is 0. The average molecular weight is 453 g/mol. The zero-order valence-corrected chi connectivity index (χ0v) is 18.9. The monoisotopic (exact) mass is 452 g/mol. The summed E-state index contributed by atoms with van der Waals surface area (Å²) in [4.78, 5) is 18.0. The largest absolute Gasteiger partial charge is 0.494 e. The standard InChI is InChI=1S/C25H22Cl2N2O2/c1-16-14-20(15-17(2)23(16)27)31-13-5-12-29-24(18-8-10-19(26)11-9-18)28-22-7-4-3-6-21(22)25(29)30/h3-4,6-11,14-15H,5,12-13H2,1-2H3. The highest BCUT2D eigenvalue weighted by Gasteiger charge is 2.13. The summed E-state index contributed by atoms with van der Waals surface area (Å²) in [6.45, 7) is 4.88. The molecule has 31 heavy (non-hydrogen) atoms. The number of hydrogen-bond acceptors (Lipinski definition) is 3. The Kier molecular flexibility index (Phi) is 6.30. The first-order valence-corrected chi connectivity index (χ1v) is 10.8. The SMILES string of the molecule is Cc1cc(OCCCn2c(-c3ccc(Cl)cc3)nc3ccccc3c2=O)cc(C)c1Cl. The predicted octanol–water partition coefficient (Wildman–Crippen LogP) is 6.46. The van der Waals surface area contributed by atoms with Crippen molar-refractivity contribution in [1.82, 2.24) is 9.55 Å². The molecule has 0 saturated heterocycles. The van der Waals surface area contributed by atoms with Gasteiger partial charge in [-0.3, -0.25) is 9.36 Å². The maximum absolute atomic E-state index is 13.2. The molecule has 4 rings (SSSR count).